The molecule has 0 aliphatic carbocycles. The Bertz CT molecular complexity index is 599. The maximum atomic E-state index is 11.0. The maximum absolute atomic E-state index is 11.0. The normalized spacial score (nSPS) is 10.0. The quantitative estimate of drug-likeness (QED) is 0.662. The zero-order valence-electron chi connectivity index (χ0n) is 10.2. The lowest BCUT2D eigenvalue weighted by molar-refractivity contribution is -0.385. The van der Waals surface area contributed by atoms with Crippen LogP contribution in [0.1, 0.15) is 16.1 Å². The van der Waals surface area contributed by atoms with E-state index in [4.69, 9.17) is 9.84 Å². The Morgan fingerprint density at radius 2 is 2.05 bits per heavy atom. The highest BCUT2D eigenvalue weighted by Gasteiger charge is 2.16. The number of para-hydroxylation sites is 1. The zero-order valence-corrected chi connectivity index (χ0v) is 10.2. The number of hydrogen-bond acceptors (Lipinski definition) is 5. The third kappa shape index (κ3) is 2.89. The van der Waals surface area contributed by atoms with Crippen molar-refractivity contribution in [1.29, 1.82) is 0 Å². The average molecular weight is 274 g/mol. The van der Waals surface area contributed by atoms with Gasteiger partial charge in [-0.25, -0.2) is 9.78 Å². The second-order valence-electron chi connectivity index (χ2n) is 3.83. The van der Waals surface area contributed by atoms with E-state index < -0.39 is 10.9 Å². The number of pyridine rings is 1. The van der Waals surface area contributed by atoms with Crippen LogP contribution in [0.25, 0.3) is 0 Å². The van der Waals surface area contributed by atoms with Crippen molar-refractivity contribution in [2.24, 2.45) is 0 Å². The number of benzene rings is 1. The monoisotopic (exact) mass is 274 g/mol. The average Bonchev–Trinajstić information content (AvgIpc) is 2.45. The topological polar surface area (TPSA) is 103 Å². The Labute approximate surface area is 113 Å². The number of carboxylic acids is 1. The number of carbonyl (C=O) groups is 1. The minimum Gasteiger partial charge on any atom is -0.486 e. The summed E-state index contributed by atoms with van der Waals surface area (Å²) in [6.07, 6.45) is 1.33. The first-order chi connectivity index (χ1) is 9.59. The smallest absolute Gasteiger partial charge is 0.358 e. The van der Waals surface area contributed by atoms with E-state index in [2.05, 4.69) is 4.98 Å². The predicted molar refractivity (Wildman–Crippen MR) is 68.6 cm³/mol. The number of aromatic carboxylic acids is 1. The SMILES string of the molecule is O=C(O)c1ncccc1OCc1ccccc1[N+](=O)[O-]. The van der Waals surface area contributed by atoms with Crippen LogP contribution in [0.2, 0.25) is 0 Å². The van der Waals surface area contributed by atoms with Gasteiger partial charge in [0.15, 0.2) is 11.4 Å². The second kappa shape index (κ2) is 5.79. The number of rotatable bonds is 5. The van der Waals surface area contributed by atoms with Crippen molar-refractivity contribution in [2.75, 3.05) is 0 Å². The largest absolute Gasteiger partial charge is 0.486 e. The van der Waals surface area contributed by atoms with Gasteiger partial charge in [0.25, 0.3) is 5.69 Å². The molecule has 0 radical (unpaired) electrons. The molecule has 0 fully saturated rings. The van der Waals surface area contributed by atoms with Crippen LogP contribution >= 0.6 is 0 Å². The van der Waals surface area contributed by atoms with Crippen molar-refractivity contribution in [3.05, 3.63) is 64.0 Å². The number of nitro benzene ring substituents is 1. The minimum atomic E-state index is -1.22. The molecule has 1 heterocycles. The fourth-order valence-corrected chi connectivity index (χ4v) is 1.63. The Hall–Kier alpha value is -2.96. The van der Waals surface area contributed by atoms with Crippen LogP contribution in [0.4, 0.5) is 5.69 Å². The molecule has 0 spiro atoms. The fourth-order valence-electron chi connectivity index (χ4n) is 1.63. The molecule has 0 atom stereocenters. The summed E-state index contributed by atoms with van der Waals surface area (Å²) < 4.78 is 5.33. The molecule has 0 saturated carbocycles. The number of nitro groups is 1. The molecule has 20 heavy (non-hydrogen) atoms. The van der Waals surface area contributed by atoms with Crippen LogP contribution in [0.3, 0.4) is 0 Å². The molecular weight excluding hydrogens is 264 g/mol. The van der Waals surface area contributed by atoms with E-state index in [0.717, 1.165) is 0 Å². The van der Waals surface area contributed by atoms with Crippen molar-refractivity contribution < 1.29 is 19.6 Å². The lowest BCUT2D eigenvalue weighted by atomic mass is 10.2. The molecule has 1 aromatic heterocycles. The van der Waals surface area contributed by atoms with Gasteiger partial charge in [-0.1, -0.05) is 12.1 Å². The third-order valence-electron chi connectivity index (χ3n) is 2.54. The maximum Gasteiger partial charge on any atom is 0.358 e. The molecule has 0 aliphatic heterocycles. The predicted octanol–water partition coefficient (Wildman–Crippen LogP) is 2.27. The summed E-state index contributed by atoms with van der Waals surface area (Å²) in [4.78, 5) is 25.0. The molecule has 0 unspecified atom stereocenters. The molecule has 0 bridgehead atoms. The summed E-state index contributed by atoms with van der Waals surface area (Å²) >= 11 is 0. The van der Waals surface area contributed by atoms with Crippen molar-refractivity contribution in [3.8, 4) is 5.75 Å². The van der Waals surface area contributed by atoms with Gasteiger partial charge < -0.3 is 9.84 Å². The molecule has 7 heteroatoms. The van der Waals surface area contributed by atoms with Crippen LogP contribution in [-0.2, 0) is 6.61 Å². The first kappa shape index (κ1) is 13.5. The first-order valence-electron chi connectivity index (χ1n) is 5.63. The Morgan fingerprint density at radius 3 is 2.75 bits per heavy atom. The van der Waals surface area contributed by atoms with E-state index in [1.54, 1.807) is 18.2 Å². The number of ether oxygens (including phenoxy) is 1. The lowest BCUT2D eigenvalue weighted by Crippen LogP contribution is -2.06. The van der Waals surface area contributed by atoms with E-state index in [0.29, 0.717) is 5.56 Å². The van der Waals surface area contributed by atoms with Crippen molar-refractivity contribution in [3.63, 3.8) is 0 Å². The molecule has 0 saturated heterocycles. The van der Waals surface area contributed by atoms with E-state index in [1.807, 2.05) is 0 Å². The van der Waals surface area contributed by atoms with Gasteiger partial charge in [0.1, 0.15) is 6.61 Å². The van der Waals surface area contributed by atoms with E-state index in [1.165, 1.54) is 24.4 Å². The van der Waals surface area contributed by atoms with Gasteiger partial charge in [-0.05, 0) is 18.2 Å². The number of hydrogen-bond donors (Lipinski definition) is 1. The first-order valence-corrected chi connectivity index (χ1v) is 5.63. The third-order valence-corrected chi connectivity index (χ3v) is 2.54. The lowest BCUT2D eigenvalue weighted by Gasteiger charge is -2.08. The molecule has 0 aliphatic rings. The van der Waals surface area contributed by atoms with Crippen molar-refractivity contribution >= 4 is 11.7 Å². The molecule has 1 N–H and O–H groups in total. The van der Waals surface area contributed by atoms with E-state index in [-0.39, 0.29) is 23.7 Å². The molecular formula is C13H10N2O5. The van der Waals surface area contributed by atoms with Gasteiger partial charge >= 0.3 is 5.97 Å². The number of carboxylic acid groups (broad SMARTS) is 1. The highest BCUT2D eigenvalue weighted by Crippen LogP contribution is 2.21. The van der Waals surface area contributed by atoms with Gasteiger partial charge in [-0.2, -0.15) is 0 Å². The van der Waals surface area contributed by atoms with Crippen LogP contribution in [0.15, 0.2) is 42.6 Å². The zero-order chi connectivity index (χ0) is 14.5. The Morgan fingerprint density at radius 1 is 1.30 bits per heavy atom. The molecule has 2 aromatic rings. The number of nitrogens with zero attached hydrogens (tertiary/aromatic N) is 2. The second-order valence-corrected chi connectivity index (χ2v) is 3.83. The standard InChI is InChI=1S/C13H10N2O5/c16-13(17)12-11(6-3-7-14-12)20-8-9-4-1-2-5-10(9)15(18)19/h1-7H,8H2,(H,16,17). The molecule has 0 amide bonds. The van der Waals surface area contributed by atoms with Crippen LogP contribution in [-0.4, -0.2) is 21.0 Å². The highest BCUT2D eigenvalue weighted by molar-refractivity contribution is 5.88. The molecule has 102 valence electrons. The summed E-state index contributed by atoms with van der Waals surface area (Å²) in [6, 6.07) is 9.09. The van der Waals surface area contributed by atoms with Crippen molar-refractivity contribution in [1.82, 2.24) is 4.98 Å². The summed E-state index contributed by atoms with van der Waals surface area (Å²) in [5.41, 5.74) is 0.0528. The number of aromatic nitrogens is 1. The summed E-state index contributed by atoms with van der Waals surface area (Å²) in [5, 5.41) is 19.8. The highest BCUT2D eigenvalue weighted by atomic mass is 16.6. The molecule has 7 nitrogen and oxygen atoms in total. The van der Waals surface area contributed by atoms with Gasteiger partial charge in [0.05, 0.1) is 10.5 Å². The van der Waals surface area contributed by atoms with E-state index in [9.17, 15) is 14.9 Å². The van der Waals surface area contributed by atoms with Gasteiger partial charge in [-0.3, -0.25) is 10.1 Å². The van der Waals surface area contributed by atoms with Gasteiger partial charge in [0.2, 0.25) is 0 Å². The van der Waals surface area contributed by atoms with Crippen LogP contribution in [0.5, 0.6) is 5.75 Å². The minimum absolute atomic E-state index is 0.0677. The van der Waals surface area contributed by atoms with Gasteiger partial charge in [-0.15, -0.1) is 0 Å². The van der Waals surface area contributed by atoms with Crippen molar-refractivity contribution in [2.45, 2.75) is 6.61 Å². The molecule has 1 aromatic carbocycles. The summed E-state index contributed by atoms with van der Waals surface area (Å²) in [7, 11) is 0. The van der Waals surface area contributed by atoms with Gasteiger partial charge in [0, 0.05) is 12.3 Å². The Kier molecular flexibility index (Phi) is 3.90. The fraction of sp³-hybridized carbons (Fsp3) is 0.0769. The molecule has 2 rings (SSSR count). The summed E-state index contributed by atoms with van der Waals surface area (Å²) in [5.74, 6) is -1.15. The van der Waals surface area contributed by atoms with E-state index >= 15 is 0 Å². The van der Waals surface area contributed by atoms with Crippen LogP contribution < -0.4 is 4.74 Å². The van der Waals surface area contributed by atoms with Crippen LogP contribution in [0, 0.1) is 10.1 Å². The summed E-state index contributed by atoms with van der Waals surface area (Å²) in [6.45, 7) is -0.108. The Balaban J connectivity index is 2.22.